The zero-order valence-corrected chi connectivity index (χ0v) is 12.8. The Morgan fingerprint density at radius 2 is 1.91 bits per heavy atom. The van der Waals surface area contributed by atoms with Crippen LogP contribution in [-0.2, 0) is 16.0 Å². The van der Waals surface area contributed by atoms with Gasteiger partial charge in [-0.05, 0) is 17.5 Å². The number of piperazine rings is 1. The molecule has 1 aliphatic rings. The molecule has 116 valence electrons. The number of hydrogen-bond acceptors (Lipinski definition) is 2. The first-order valence-corrected chi connectivity index (χ1v) is 7.76. The molecule has 0 saturated carbocycles. The number of fused-ring (bicyclic) bond motifs is 1. The molecule has 2 aromatic rings. The van der Waals surface area contributed by atoms with Crippen LogP contribution in [0.25, 0.3) is 10.9 Å². The number of aromatic amines is 1. The number of H-pyrrole nitrogens is 1. The summed E-state index contributed by atoms with van der Waals surface area (Å²) in [6.07, 6.45) is 3.26. The molecule has 0 spiro atoms. The highest BCUT2D eigenvalue weighted by Crippen LogP contribution is 2.20. The summed E-state index contributed by atoms with van der Waals surface area (Å²) in [6, 6.07) is 7.03. The van der Waals surface area contributed by atoms with E-state index in [0.717, 1.165) is 22.9 Å². The van der Waals surface area contributed by atoms with E-state index in [2.05, 4.69) is 15.6 Å². The third-order valence-corrected chi connectivity index (χ3v) is 4.53. The van der Waals surface area contributed by atoms with Crippen molar-refractivity contribution in [1.82, 2.24) is 15.6 Å². The monoisotopic (exact) mass is 299 g/mol. The summed E-state index contributed by atoms with van der Waals surface area (Å²) >= 11 is 0. The van der Waals surface area contributed by atoms with Crippen LogP contribution in [0.5, 0.6) is 0 Å². The summed E-state index contributed by atoms with van der Waals surface area (Å²) in [5.41, 5.74) is 2.08. The van der Waals surface area contributed by atoms with Gasteiger partial charge >= 0.3 is 0 Å². The van der Waals surface area contributed by atoms with Gasteiger partial charge in [0, 0.05) is 23.5 Å². The Kier molecular flexibility index (Phi) is 3.88. The first-order chi connectivity index (χ1) is 10.6. The largest absolute Gasteiger partial charge is 0.361 e. The second kappa shape index (κ2) is 5.83. The van der Waals surface area contributed by atoms with Crippen molar-refractivity contribution in [3.63, 3.8) is 0 Å². The van der Waals surface area contributed by atoms with Crippen LogP contribution in [0.1, 0.15) is 25.8 Å². The highest BCUT2D eigenvalue weighted by Gasteiger charge is 2.36. The minimum absolute atomic E-state index is 0.0845. The fourth-order valence-corrected chi connectivity index (χ4v) is 2.95. The summed E-state index contributed by atoms with van der Waals surface area (Å²) in [5, 5.41) is 6.83. The van der Waals surface area contributed by atoms with E-state index in [9.17, 15) is 9.59 Å². The number of benzene rings is 1. The van der Waals surface area contributed by atoms with Crippen LogP contribution in [0.15, 0.2) is 30.5 Å². The average molecular weight is 299 g/mol. The van der Waals surface area contributed by atoms with Crippen molar-refractivity contribution >= 4 is 22.7 Å². The summed E-state index contributed by atoms with van der Waals surface area (Å²) in [4.78, 5) is 27.7. The van der Waals surface area contributed by atoms with E-state index in [-0.39, 0.29) is 17.7 Å². The number of aromatic nitrogens is 1. The molecule has 2 amide bonds. The highest BCUT2D eigenvalue weighted by atomic mass is 16.2. The molecule has 5 nitrogen and oxygen atoms in total. The molecule has 3 N–H and O–H groups in total. The maximum Gasteiger partial charge on any atom is 0.243 e. The molecule has 2 heterocycles. The lowest BCUT2D eigenvalue weighted by molar-refractivity contribution is -0.138. The Balaban J connectivity index is 1.76. The number of carbonyl (C=O) groups is 2. The third-order valence-electron chi connectivity index (χ3n) is 4.53. The van der Waals surface area contributed by atoms with Gasteiger partial charge in [0.25, 0.3) is 0 Å². The van der Waals surface area contributed by atoms with Gasteiger partial charge in [-0.3, -0.25) is 9.59 Å². The van der Waals surface area contributed by atoms with Crippen LogP contribution in [0, 0.1) is 5.92 Å². The number of rotatable bonds is 4. The number of nitrogens with one attached hydrogen (secondary N) is 3. The van der Waals surface area contributed by atoms with E-state index in [4.69, 9.17) is 0 Å². The van der Waals surface area contributed by atoms with Gasteiger partial charge in [0.1, 0.15) is 12.1 Å². The molecular formula is C17H21N3O2. The molecule has 0 bridgehead atoms. The highest BCUT2D eigenvalue weighted by molar-refractivity contribution is 5.97. The molecule has 1 fully saturated rings. The van der Waals surface area contributed by atoms with Gasteiger partial charge < -0.3 is 15.6 Å². The van der Waals surface area contributed by atoms with Crippen LogP contribution < -0.4 is 10.6 Å². The van der Waals surface area contributed by atoms with Gasteiger partial charge in [-0.1, -0.05) is 38.5 Å². The van der Waals surface area contributed by atoms with Crippen molar-refractivity contribution < 1.29 is 9.59 Å². The fraction of sp³-hybridized carbons (Fsp3) is 0.412. The molecule has 5 heteroatoms. The van der Waals surface area contributed by atoms with Crippen molar-refractivity contribution in [2.75, 3.05) is 0 Å². The van der Waals surface area contributed by atoms with Crippen LogP contribution in [-0.4, -0.2) is 28.9 Å². The molecule has 0 radical (unpaired) electrons. The van der Waals surface area contributed by atoms with E-state index >= 15 is 0 Å². The second-order valence-electron chi connectivity index (χ2n) is 6.00. The van der Waals surface area contributed by atoms with Crippen molar-refractivity contribution in [2.45, 2.75) is 38.8 Å². The molecule has 3 rings (SSSR count). The lowest BCUT2D eigenvalue weighted by Crippen LogP contribution is -2.63. The van der Waals surface area contributed by atoms with Gasteiger partial charge in [0.15, 0.2) is 0 Å². The van der Waals surface area contributed by atoms with Gasteiger partial charge in [-0.15, -0.1) is 0 Å². The first kappa shape index (κ1) is 14.6. The van der Waals surface area contributed by atoms with Gasteiger partial charge in [-0.2, -0.15) is 0 Å². The molecule has 1 unspecified atom stereocenters. The van der Waals surface area contributed by atoms with E-state index in [0.29, 0.717) is 6.42 Å². The standard InChI is InChI=1S/C17H21N3O2/c1-3-10(2)15-17(22)19-14(16(21)20-15)8-11-9-18-13-7-5-4-6-12(11)13/h4-7,9-10,14-15,18H,3,8H2,1-2H3,(H,19,22)(H,20,21)/t10?,14-,15+/m0/s1. The van der Waals surface area contributed by atoms with Crippen molar-refractivity contribution in [3.8, 4) is 0 Å². The maximum atomic E-state index is 12.3. The van der Waals surface area contributed by atoms with E-state index < -0.39 is 12.1 Å². The van der Waals surface area contributed by atoms with Crippen LogP contribution in [0.3, 0.4) is 0 Å². The number of amides is 2. The second-order valence-corrected chi connectivity index (χ2v) is 6.00. The summed E-state index contributed by atoms with van der Waals surface area (Å²) < 4.78 is 0. The lowest BCUT2D eigenvalue weighted by atomic mass is 9.94. The molecule has 1 aromatic heterocycles. The van der Waals surface area contributed by atoms with Gasteiger partial charge in [0.05, 0.1) is 0 Å². The Labute approximate surface area is 129 Å². The summed E-state index contributed by atoms with van der Waals surface area (Å²) in [7, 11) is 0. The number of carbonyl (C=O) groups excluding carboxylic acids is 2. The smallest absolute Gasteiger partial charge is 0.243 e. The Morgan fingerprint density at radius 3 is 2.68 bits per heavy atom. The maximum absolute atomic E-state index is 12.3. The molecule has 1 aromatic carbocycles. The van der Waals surface area contributed by atoms with Gasteiger partial charge in [-0.25, -0.2) is 0 Å². The average Bonchev–Trinajstić information content (AvgIpc) is 2.93. The zero-order chi connectivity index (χ0) is 15.7. The fourth-order valence-electron chi connectivity index (χ4n) is 2.95. The Hall–Kier alpha value is -2.30. The quantitative estimate of drug-likeness (QED) is 0.804. The number of para-hydroxylation sites is 1. The molecule has 1 saturated heterocycles. The molecule has 1 aliphatic heterocycles. The summed E-state index contributed by atoms with van der Waals surface area (Å²) in [5.74, 6) is -0.0491. The molecule has 22 heavy (non-hydrogen) atoms. The van der Waals surface area contributed by atoms with Crippen LogP contribution in [0.2, 0.25) is 0 Å². The molecular weight excluding hydrogens is 278 g/mol. The third kappa shape index (κ3) is 2.58. The Bertz CT molecular complexity index is 707. The first-order valence-electron chi connectivity index (χ1n) is 7.76. The topological polar surface area (TPSA) is 74.0 Å². The van der Waals surface area contributed by atoms with Crippen molar-refractivity contribution in [2.24, 2.45) is 5.92 Å². The SMILES string of the molecule is CCC(C)[C@H]1NC(=O)[C@H](Cc2c[nH]c3ccccc23)NC1=O. The van der Waals surface area contributed by atoms with E-state index in [1.807, 2.05) is 44.3 Å². The van der Waals surface area contributed by atoms with Crippen molar-refractivity contribution in [3.05, 3.63) is 36.0 Å². The van der Waals surface area contributed by atoms with E-state index in [1.165, 1.54) is 0 Å². The lowest BCUT2D eigenvalue weighted by Gasteiger charge is -2.32. The summed E-state index contributed by atoms with van der Waals surface area (Å²) in [6.45, 7) is 3.99. The Morgan fingerprint density at radius 1 is 1.14 bits per heavy atom. The van der Waals surface area contributed by atoms with Crippen LogP contribution >= 0.6 is 0 Å². The van der Waals surface area contributed by atoms with E-state index in [1.54, 1.807) is 0 Å². The predicted octanol–water partition coefficient (Wildman–Crippen LogP) is 1.74. The predicted molar refractivity (Wildman–Crippen MR) is 85.3 cm³/mol. The molecule has 3 atom stereocenters. The molecule has 0 aliphatic carbocycles. The van der Waals surface area contributed by atoms with Crippen molar-refractivity contribution in [1.29, 1.82) is 0 Å². The van der Waals surface area contributed by atoms with Gasteiger partial charge in [0.2, 0.25) is 11.8 Å². The zero-order valence-electron chi connectivity index (χ0n) is 12.8. The van der Waals surface area contributed by atoms with Crippen LogP contribution in [0.4, 0.5) is 0 Å². The minimum Gasteiger partial charge on any atom is -0.361 e. The number of hydrogen-bond donors (Lipinski definition) is 3. The minimum atomic E-state index is -0.507. The normalized spacial score (nSPS) is 23.2.